The lowest BCUT2D eigenvalue weighted by Crippen LogP contribution is -2.39. The second-order valence-electron chi connectivity index (χ2n) is 8.85. The number of hydrogen-bond acceptors (Lipinski definition) is 3. The van der Waals surface area contributed by atoms with E-state index in [0.717, 1.165) is 48.2 Å². The van der Waals surface area contributed by atoms with E-state index in [0.29, 0.717) is 23.6 Å². The highest BCUT2D eigenvalue weighted by Gasteiger charge is 2.42. The van der Waals surface area contributed by atoms with Gasteiger partial charge in [-0.2, -0.15) is 0 Å². The first-order chi connectivity index (χ1) is 14.8. The van der Waals surface area contributed by atoms with Crippen LogP contribution in [0.4, 0.5) is 4.39 Å². The van der Waals surface area contributed by atoms with Crippen LogP contribution >= 0.6 is 0 Å². The maximum Gasteiger partial charge on any atom is 0.277 e. The second-order valence-corrected chi connectivity index (χ2v) is 8.85. The number of carbonyl (C=O) groups excluding carboxylic acids is 2. The van der Waals surface area contributed by atoms with Crippen molar-refractivity contribution in [3.8, 4) is 0 Å². The number of likely N-dealkylation sites (tertiary alicyclic amines) is 1. The number of aryl methyl sites for hydroxylation is 2. The molecule has 162 valence electrons. The van der Waals surface area contributed by atoms with Gasteiger partial charge in [-0.15, -0.1) is 0 Å². The average molecular weight is 421 g/mol. The molecule has 4 nitrogen and oxygen atoms in total. The molecule has 0 bridgehead atoms. The van der Waals surface area contributed by atoms with Crippen LogP contribution in [0, 0.1) is 25.6 Å². The highest BCUT2D eigenvalue weighted by Crippen LogP contribution is 2.35. The lowest BCUT2D eigenvalue weighted by molar-refractivity contribution is -0.137. The van der Waals surface area contributed by atoms with E-state index in [9.17, 15) is 14.0 Å². The van der Waals surface area contributed by atoms with Gasteiger partial charge < -0.3 is 4.90 Å². The molecule has 0 aromatic heterocycles. The summed E-state index contributed by atoms with van der Waals surface area (Å²) in [6.45, 7) is 8.10. The van der Waals surface area contributed by atoms with Crippen molar-refractivity contribution in [3.05, 3.63) is 76.2 Å². The first-order valence-electron chi connectivity index (χ1n) is 11.0. The van der Waals surface area contributed by atoms with Gasteiger partial charge in [0.2, 0.25) is 0 Å². The Morgan fingerprint density at radius 3 is 2.29 bits per heavy atom. The highest BCUT2D eigenvalue weighted by atomic mass is 19.1. The minimum atomic E-state index is -0.294. The molecule has 2 aliphatic rings. The Hall–Kier alpha value is -2.95. The predicted molar refractivity (Wildman–Crippen MR) is 120 cm³/mol. The van der Waals surface area contributed by atoms with Gasteiger partial charge in [-0.05, 0) is 67.9 Å². The molecule has 2 heterocycles. The molecule has 0 radical (unpaired) electrons. The van der Waals surface area contributed by atoms with Crippen molar-refractivity contribution in [1.29, 1.82) is 0 Å². The molecule has 2 aliphatic heterocycles. The SMILES string of the molecule is Cc1ccc(C2=C(N3CCC(C)CC3)C(=O)N(CCc3ccc(F)cc3)C2=O)c(C)c1. The molecular formula is C26H29FN2O2. The van der Waals surface area contributed by atoms with Crippen molar-refractivity contribution < 1.29 is 14.0 Å². The van der Waals surface area contributed by atoms with Crippen molar-refractivity contribution in [2.45, 2.75) is 40.0 Å². The van der Waals surface area contributed by atoms with Crippen LogP contribution in [-0.2, 0) is 16.0 Å². The van der Waals surface area contributed by atoms with Crippen molar-refractivity contribution in [2.24, 2.45) is 5.92 Å². The third-order valence-electron chi connectivity index (χ3n) is 6.43. The Balaban J connectivity index is 1.67. The van der Waals surface area contributed by atoms with E-state index in [1.165, 1.54) is 17.0 Å². The van der Waals surface area contributed by atoms with Gasteiger partial charge in [-0.1, -0.05) is 42.8 Å². The summed E-state index contributed by atoms with van der Waals surface area (Å²) in [6, 6.07) is 12.2. The quantitative estimate of drug-likeness (QED) is 0.669. The van der Waals surface area contributed by atoms with E-state index >= 15 is 0 Å². The zero-order valence-corrected chi connectivity index (χ0v) is 18.5. The molecule has 2 aromatic carbocycles. The van der Waals surface area contributed by atoms with Gasteiger partial charge in [0.25, 0.3) is 11.8 Å². The summed E-state index contributed by atoms with van der Waals surface area (Å²) in [5.74, 6) is -0.106. The first-order valence-corrected chi connectivity index (χ1v) is 11.0. The van der Waals surface area contributed by atoms with Crippen LogP contribution in [0.2, 0.25) is 0 Å². The highest BCUT2D eigenvalue weighted by molar-refractivity contribution is 6.35. The van der Waals surface area contributed by atoms with E-state index in [1.807, 2.05) is 26.0 Å². The van der Waals surface area contributed by atoms with Crippen molar-refractivity contribution >= 4 is 17.4 Å². The first kappa shape index (κ1) is 21.3. The van der Waals surface area contributed by atoms with Crippen LogP contribution in [0.15, 0.2) is 48.2 Å². The van der Waals surface area contributed by atoms with E-state index in [-0.39, 0.29) is 24.2 Å². The zero-order valence-electron chi connectivity index (χ0n) is 18.5. The number of rotatable bonds is 5. The number of hydrogen-bond donors (Lipinski definition) is 0. The largest absolute Gasteiger partial charge is 0.366 e. The van der Waals surface area contributed by atoms with E-state index < -0.39 is 0 Å². The van der Waals surface area contributed by atoms with Crippen LogP contribution in [-0.4, -0.2) is 41.2 Å². The fourth-order valence-electron chi connectivity index (χ4n) is 4.52. The second kappa shape index (κ2) is 8.66. The number of nitrogens with zero attached hydrogens (tertiary/aromatic N) is 2. The summed E-state index contributed by atoms with van der Waals surface area (Å²) in [5.41, 5.74) is 4.93. The molecule has 0 atom stereocenters. The fourth-order valence-corrected chi connectivity index (χ4v) is 4.52. The fraction of sp³-hybridized carbons (Fsp3) is 0.385. The number of halogens is 1. The summed E-state index contributed by atoms with van der Waals surface area (Å²) in [6.07, 6.45) is 2.53. The van der Waals surface area contributed by atoms with E-state index in [2.05, 4.69) is 17.9 Å². The number of benzene rings is 2. The topological polar surface area (TPSA) is 40.6 Å². The van der Waals surface area contributed by atoms with E-state index in [1.54, 1.807) is 12.1 Å². The molecule has 0 saturated carbocycles. The molecule has 0 aliphatic carbocycles. The van der Waals surface area contributed by atoms with E-state index in [4.69, 9.17) is 0 Å². The summed E-state index contributed by atoms with van der Waals surface area (Å²) < 4.78 is 13.2. The van der Waals surface area contributed by atoms with Crippen LogP contribution in [0.25, 0.3) is 5.57 Å². The summed E-state index contributed by atoms with van der Waals surface area (Å²) in [5, 5.41) is 0. The molecule has 0 N–H and O–H groups in total. The maximum absolute atomic E-state index is 13.5. The van der Waals surface area contributed by atoms with Crippen LogP contribution < -0.4 is 0 Å². The molecule has 1 fully saturated rings. The smallest absolute Gasteiger partial charge is 0.277 e. The Labute approximate surface area is 183 Å². The molecule has 4 rings (SSSR count). The summed E-state index contributed by atoms with van der Waals surface area (Å²) >= 11 is 0. The molecule has 0 unspecified atom stereocenters. The molecule has 31 heavy (non-hydrogen) atoms. The average Bonchev–Trinajstić information content (AvgIpc) is 2.98. The van der Waals surface area contributed by atoms with Gasteiger partial charge >= 0.3 is 0 Å². The lowest BCUT2D eigenvalue weighted by Gasteiger charge is -2.32. The van der Waals surface area contributed by atoms with Gasteiger partial charge in [0.1, 0.15) is 11.5 Å². The van der Waals surface area contributed by atoms with Crippen LogP contribution in [0.1, 0.15) is 42.0 Å². The summed E-state index contributed by atoms with van der Waals surface area (Å²) in [4.78, 5) is 30.5. The third kappa shape index (κ3) is 4.27. The van der Waals surface area contributed by atoms with Gasteiger partial charge in [0.15, 0.2) is 0 Å². The molecule has 2 aromatic rings. The molecular weight excluding hydrogens is 391 g/mol. The Kier molecular flexibility index (Phi) is 5.94. The van der Waals surface area contributed by atoms with Crippen molar-refractivity contribution in [1.82, 2.24) is 9.80 Å². The lowest BCUT2D eigenvalue weighted by atomic mass is 9.95. The van der Waals surface area contributed by atoms with Crippen molar-refractivity contribution in [2.75, 3.05) is 19.6 Å². The number of amides is 2. The third-order valence-corrected chi connectivity index (χ3v) is 6.43. The predicted octanol–water partition coefficient (Wildman–Crippen LogP) is 4.50. The van der Waals surface area contributed by atoms with Gasteiger partial charge in [0, 0.05) is 19.6 Å². The molecule has 5 heteroatoms. The molecule has 2 amide bonds. The minimum absolute atomic E-state index is 0.211. The van der Waals surface area contributed by atoms with Crippen LogP contribution in [0.5, 0.6) is 0 Å². The van der Waals surface area contributed by atoms with Gasteiger partial charge in [-0.25, -0.2) is 4.39 Å². The number of piperidine rings is 1. The number of imide groups is 1. The summed E-state index contributed by atoms with van der Waals surface area (Å²) in [7, 11) is 0. The minimum Gasteiger partial charge on any atom is -0.366 e. The standard InChI is InChI=1S/C26H29FN2O2/c1-17-10-13-28(14-11-17)24-23(22-9-4-18(2)16-19(22)3)25(30)29(26(24)31)15-12-20-5-7-21(27)8-6-20/h4-9,16-17H,10-15H2,1-3H3. The normalized spacial score (nSPS) is 17.8. The molecule has 0 spiro atoms. The molecule has 1 saturated heterocycles. The van der Waals surface area contributed by atoms with Crippen molar-refractivity contribution in [3.63, 3.8) is 0 Å². The van der Waals surface area contributed by atoms with Gasteiger partial charge in [-0.3, -0.25) is 14.5 Å². The monoisotopic (exact) mass is 420 g/mol. The van der Waals surface area contributed by atoms with Gasteiger partial charge in [0.05, 0.1) is 5.57 Å². The Morgan fingerprint density at radius 2 is 1.65 bits per heavy atom. The maximum atomic E-state index is 13.5. The Bertz CT molecular complexity index is 1030. The number of carbonyl (C=O) groups is 2. The van der Waals surface area contributed by atoms with Crippen LogP contribution in [0.3, 0.4) is 0 Å². The Morgan fingerprint density at radius 1 is 0.968 bits per heavy atom. The zero-order chi connectivity index (χ0) is 22.1.